The van der Waals surface area contributed by atoms with Crippen molar-refractivity contribution in [3.8, 4) is 6.07 Å². The molecule has 0 fully saturated rings. The van der Waals surface area contributed by atoms with Crippen LogP contribution in [-0.2, 0) is 4.74 Å². The Bertz CT molecular complexity index is 537. The Balaban J connectivity index is 3.34. The van der Waals surface area contributed by atoms with Crippen molar-refractivity contribution in [2.45, 2.75) is 17.3 Å². The summed E-state index contributed by atoms with van der Waals surface area (Å²) in [6.07, 6.45) is 0. The molecule has 0 heterocycles. The van der Waals surface area contributed by atoms with Crippen molar-refractivity contribution in [2.24, 2.45) is 0 Å². The lowest BCUT2D eigenvalue weighted by molar-refractivity contribution is -0.0329. The van der Waals surface area contributed by atoms with Crippen molar-refractivity contribution in [1.82, 2.24) is 0 Å². The molecule has 0 saturated heterocycles. The van der Waals surface area contributed by atoms with Crippen molar-refractivity contribution in [3.63, 3.8) is 0 Å². The Kier molecular flexibility index (Phi) is 4.78. The van der Waals surface area contributed by atoms with Gasteiger partial charge in [0.25, 0.3) is 0 Å². The third-order valence-corrected chi connectivity index (χ3v) is 2.74. The maximum absolute atomic E-state index is 13.5. The average molecular weight is 293 g/mol. The van der Waals surface area contributed by atoms with Crippen molar-refractivity contribution < 1.29 is 27.1 Å². The zero-order chi connectivity index (χ0) is 14.6. The summed E-state index contributed by atoms with van der Waals surface area (Å²) in [5.41, 5.74) is -5.62. The molecule has 8 heteroatoms. The van der Waals surface area contributed by atoms with Gasteiger partial charge in [-0.05, 0) is 30.8 Å². The largest absolute Gasteiger partial charge is 0.462 e. The molecule has 102 valence electrons. The minimum absolute atomic E-state index is 0.0760. The lowest BCUT2D eigenvalue weighted by Gasteiger charge is -2.11. The number of carbonyl (C=O) groups is 1. The van der Waals surface area contributed by atoms with E-state index in [0.717, 1.165) is 6.07 Å². The van der Waals surface area contributed by atoms with E-state index in [4.69, 9.17) is 5.26 Å². The van der Waals surface area contributed by atoms with Crippen LogP contribution in [0.25, 0.3) is 0 Å². The van der Waals surface area contributed by atoms with Crippen LogP contribution in [0, 0.1) is 17.1 Å². The molecule has 1 rings (SSSR count). The van der Waals surface area contributed by atoms with Crippen molar-refractivity contribution >= 4 is 17.7 Å². The van der Waals surface area contributed by atoms with Gasteiger partial charge in [-0.3, -0.25) is 0 Å². The van der Waals surface area contributed by atoms with Gasteiger partial charge in [0.2, 0.25) is 0 Å². The normalized spacial score (nSPS) is 10.9. The highest BCUT2D eigenvalue weighted by atomic mass is 32.2. The highest BCUT2D eigenvalue weighted by Crippen LogP contribution is 2.40. The van der Waals surface area contributed by atoms with Crippen molar-refractivity contribution in [2.75, 3.05) is 6.61 Å². The van der Waals surface area contributed by atoms with Crippen molar-refractivity contribution in [1.29, 1.82) is 5.26 Å². The third-order valence-electron chi connectivity index (χ3n) is 1.89. The molecule has 0 N–H and O–H groups in total. The van der Waals surface area contributed by atoms with Gasteiger partial charge in [-0.2, -0.15) is 18.4 Å². The van der Waals surface area contributed by atoms with Gasteiger partial charge >= 0.3 is 11.5 Å². The Morgan fingerprint density at radius 3 is 2.58 bits per heavy atom. The Hall–Kier alpha value is -1.75. The van der Waals surface area contributed by atoms with Gasteiger partial charge in [0.05, 0.1) is 28.7 Å². The number of nitriles is 1. The number of halogens is 4. The molecule has 3 nitrogen and oxygen atoms in total. The topological polar surface area (TPSA) is 50.1 Å². The van der Waals surface area contributed by atoms with Crippen LogP contribution < -0.4 is 0 Å². The van der Waals surface area contributed by atoms with Gasteiger partial charge in [-0.25, -0.2) is 9.18 Å². The molecule has 19 heavy (non-hydrogen) atoms. The highest BCUT2D eigenvalue weighted by Gasteiger charge is 2.34. The van der Waals surface area contributed by atoms with Gasteiger partial charge in [0.1, 0.15) is 5.82 Å². The summed E-state index contributed by atoms with van der Waals surface area (Å²) in [4.78, 5) is 10.6. The standard InChI is InChI=1S/C11H7F4NO2S/c1-2-18-10(17)7-3-6(5-16)4-8(12)9(7)19-11(13,14)15/h3-4H,2H2,1H3. The first-order valence-corrected chi connectivity index (χ1v) is 5.76. The second-order valence-corrected chi connectivity index (χ2v) is 4.29. The number of nitrogens with zero attached hydrogens (tertiary/aromatic N) is 1. The first kappa shape index (κ1) is 15.3. The number of hydrogen-bond acceptors (Lipinski definition) is 4. The molecule has 0 spiro atoms. The van der Waals surface area contributed by atoms with Crippen molar-refractivity contribution in [3.05, 3.63) is 29.1 Å². The second-order valence-electron chi connectivity index (χ2n) is 3.21. The number of alkyl halides is 3. The van der Waals surface area contributed by atoms with Crippen LogP contribution in [0.15, 0.2) is 17.0 Å². The van der Waals surface area contributed by atoms with Crippen LogP contribution in [0.4, 0.5) is 17.6 Å². The van der Waals surface area contributed by atoms with Gasteiger partial charge in [0.15, 0.2) is 0 Å². The fourth-order valence-electron chi connectivity index (χ4n) is 1.24. The highest BCUT2D eigenvalue weighted by molar-refractivity contribution is 8.00. The zero-order valence-electron chi connectivity index (χ0n) is 9.55. The molecule has 0 aromatic heterocycles. The number of benzene rings is 1. The fourth-order valence-corrected chi connectivity index (χ4v) is 1.88. The number of rotatable bonds is 3. The Morgan fingerprint density at radius 1 is 1.47 bits per heavy atom. The maximum atomic E-state index is 13.5. The summed E-state index contributed by atoms with van der Waals surface area (Å²) < 4.78 is 55.0. The summed E-state index contributed by atoms with van der Waals surface area (Å²) in [7, 11) is 0. The summed E-state index contributed by atoms with van der Waals surface area (Å²) in [5, 5.41) is 8.62. The molecule has 0 aliphatic heterocycles. The molecule has 0 bridgehead atoms. The molecule has 0 saturated carbocycles. The second kappa shape index (κ2) is 5.93. The quantitative estimate of drug-likeness (QED) is 0.486. The zero-order valence-corrected chi connectivity index (χ0v) is 10.4. The number of ether oxygens (including phenoxy) is 1. The number of esters is 1. The van der Waals surface area contributed by atoms with E-state index in [2.05, 4.69) is 4.74 Å². The van der Waals surface area contributed by atoms with Crippen LogP contribution in [0.1, 0.15) is 22.8 Å². The van der Waals surface area contributed by atoms with E-state index in [-0.39, 0.29) is 12.2 Å². The summed E-state index contributed by atoms with van der Waals surface area (Å²) in [5.74, 6) is -2.39. The van der Waals surface area contributed by atoms with Gasteiger partial charge in [0, 0.05) is 0 Å². The van der Waals surface area contributed by atoms with Gasteiger partial charge in [-0.1, -0.05) is 0 Å². The van der Waals surface area contributed by atoms with E-state index in [0.29, 0.717) is 6.07 Å². The minimum Gasteiger partial charge on any atom is -0.462 e. The van der Waals surface area contributed by atoms with E-state index in [9.17, 15) is 22.4 Å². The maximum Gasteiger partial charge on any atom is 0.446 e. The molecule has 0 radical (unpaired) electrons. The minimum atomic E-state index is -4.75. The molecule has 1 aromatic carbocycles. The molecular formula is C11H7F4NO2S. The first-order valence-electron chi connectivity index (χ1n) is 4.95. The monoisotopic (exact) mass is 293 g/mol. The smallest absolute Gasteiger partial charge is 0.446 e. The molecular weight excluding hydrogens is 286 g/mol. The molecule has 0 aliphatic carbocycles. The lowest BCUT2D eigenvalue weighted by atomic mass is 10.1. The van der Waals surface area contributed by atoms with Crippen LogP contribution in [0.2, 0.25) is 0 Å². The van der Waals surface area contributed by atoms with E-state index in [1.54, 1.807) is 6.07 Å². The predicted molar refractivity (Wildman–Crippen MR) is 59.0 cm³/mol. The average Bonchev–Trinajstić information content (AvgIpc) is 2.30. The number of carbonyl (C=O) groups excluding carboxylic acids is 1. The molecule has 0 amide bonds. The summed E-state index contributed by atoms with van der Waals surface area (Å²) >= 11 is -0.758. The van der Waals surface area contributed by atoms with E-state index in [1.165, 1.54) is 6.92 Å². The SMILES string of the molecule is CCOC(=O)c1cc(C#N)cc(F)c1SC(F)(F)F. The molecule has 0 unspecified atom stereocenters. The van der Waals surface area contributed by atoms with Gasteiger partial charge < -0.3 is 4.74 Å². The fraction of sp³-hybridized carbons (Fsp3) is 0.273. The van der Waals surface area contributed by atoms with E-state index >= 15 is 0 Å². The van der Waals surface area contributed by atoms with Crippen LogP contribution >= 0.6 is 11.8 Å². The van der Waals surface area contributed by atoms with E-state index in [1.807, 2.05) is 0 Å². The predicted octanol–water partition coefficient (Wildman–Crippen LogP) is 3.49. The molecule has 0 atom stereocenters. The Labute approximate surface area is 110 Å². The molecule has 0 aliphatic rings. The lowest BCUT2D eigenvalue weighted by Crippen LogP contribution is -2.10. The van der Waals surface area contributed by atoms with Gasteiger partial charge in [-0.15, -0.1) is 0 Å². The van der Waals surface area contributed by atoms with Crippen LogP contribution in [-0.4, -0.2) is 18.1 Å². The Morgan fingerprint density at radius 2 is 2.11 bits per heavy atom. The van der Waals surface area contributed by atoms with Crippen LogP contribution in [0.5, 0.6) is 0 Å². The number of hydrogen-bond donors (Lipinski definition) is 0. The first-order chi connectivity index (χ1) is 8.78. The summed E-state index contributed by atoms with van der Waals surface area (Å²) in [6, 6.07) is 3.06. The third kappa shape index (κ3) is 4.13. The van der Waals surface area contributed by atoms with E-state index < -0.39 is 39.5 Å². The van der Waals surface area contributed by atoms with Crippen LogP contribution in [0.3, 0.4) is 0 Å². The number of thioether (sulfide) groups is 1. The summed E-state index contributed by atoms with van der Waals surface area (Å²) in [6.45, 7) is 1.38. The molecule has 1 aromatic rings.